The molecule has 0 saturated heterocycles. The Morgan fingerprint density at radius 2 is 2.17 bits per heavy atom. The Morgan fingerprint density at radius 3 is 2.89 bits per heavy atom. The van der Waals surface area contributed by atoms with Gasteiger partial charge in [0.1, 0.15) is 11.3 Å². The summed E-state index contributed by atoms with van der Waals surface area (Å²) < 4.78 is 5.69. The van der Waals surface area contributed by atoms with Crippen LogP contribution in [0.25, 0.3) is 11.0 Å². The van der Waals surface area contributed by atoms with Crippen LogP contribution in [0, 0.1) is 0 Å². The molecule has 5 nitrogen and oxygen atoms in total. The van der Waals surface area contributed by atoms with Crippen molar-refractivity contribution >= 4 is 28.6 Å². The van der Waals surface area contributed by atoms with Crippen molar-refractivity contribution in [2.45, 2.75) is 5.75 Å². The maximum absolute atomic E-state index is 11.8. The van der Waals surface area contributed by atoms with E-state index in [2.05, 4.69) is 5.43 Å². The zero-order chi connectivity index (χ0) is 13.0. The number of hydrogen-bond donors (Lipinski definition) is 3. The van der Waals surface area contributed by atoms with E-state index in [1.165, 1.54) is 0 Å². The van der Waals surface area contributed by atoms with Crippen LogP contribution in [-0.2, 0) is 5.75 Å². The maximum atomic E-state index is 11.8. The van der Waals surface area contributed by atoms with Crippen molar-refractivity contribution in [2.24, 2.45) is 11.6 Å². The summed E-state index contributed by atoms with van der Waals surface area (Å²) in [7, 11) is 0. The number of benzene rings is 1. The van der Waals surface area contributed by atoms with E-state index in [0.717, 1.165) is 11.1 Å². The van der Waals surface area contributed by atoms with Crippen LogP contribution in [0.2, 0.25) is 0 Å². The molecule has 0 atom stereocenters. The molecule has 1 aromatic heterocycles. The molecule has 0 aliphatic carbocycles. The number of nitrogens with one attached hydrogen (secondary N) is 1. The number of hydrogen-bond acceptors (Lipinski definition) is 5. The van der Waals surface area contributed by atoms with Crippen molar-refractivity contribution in [3.63, 3.8) is 0 Å². The van der Waals surface area contributed by atoms with Crippen molar-refractivity contribution in [1.82, 2.24) is 5.43 Å². The van der Waals surface area contributed by atoms with E-state index in [9.17, 15) is 4.79 Å². The number of fused-ring (bicyclic) bond motifs is 1. The molecule has 2 rings (SSSR count). The molecule has 0 saturated carbocycles. The predicted octanol–water partition coefficient (Wildman–Crippen LogP) is 1.23. The standard InChI is InChI=1S/C12H15N3O2S/c13-5-6-18-7-10-11(12(16)15-14)8-3-1-2-4-9(8)17-10/h1-4H,5-7,13-14H2,(H,15,16). The largest absolute Gasteiger partial charge is 0.459 e. The molecule has 1 aromatic carbocycles. The van der Waals surface area contributed by atoms with Crippen molar-refractivity contribution in [3.8, 4) is 0 Å². The lowest BCUT2D eigenvalue weighted by Gasteiger charge is -2.01. The SMILES string of the molecule is NCCSCc1oc2ccccc2c1C(=O)NN. The van der Waals surface area contributed by atoms with Crippen LogP contribution in [0.4, 0.5) is 0 Å². The third kappa shape index (κ3) is 2.50. The zero-order valence-electron chi connectivity index (χ0n) is 9.81. The maximum Gasteiger partial charge on any atom is 0.269 e. The molecule has 0 spiro atoms. The Kier molecular flexibility index (Phi) is 4.24. The Morgan fingerprint density at radius 1 is 1.39 bits per heavy atom. The smallest absolute Gasteiger partial charge is 0.269 e. The molecular weight excluding hydrogens is 250 g/mol. The molecular formula is C12H15N3O2S. The van der Waals surface area contributed by atoms with Gasteiger partial charge in [0.2, 0.25) is 0 Å². The van der Waals surface area contributed by atoms with E-state index >= 15 is 0 Å². The van der Waals surface area contributed by atoms with Gasteiger partial charge >= 0.3 is 0 Å². The first-order valence-electron chi connectivity index (χ1n) is 5.57. The zero-order valence-corrected chi connectivity index (χ0v) is 10.6. The van der Waals surface area contributed by atoms with Crippen LogP contribution in [0.3, 0.4) is 0 Å². The van der Waals surface area contributed by atoms with Crippen molar-refractivity contribution in [2.75, 3.05) is 12.3 Å². The van der Waals surface area contributed by atoms with Crippen LogP contribution in [-0.4, -0.2) is 18.2 Å². The number of carbonyl (C=O) groups excluding carboxylic acids is 1. The Labute approximate surface area is 109 Å². The third-order valence-electron chi connectivity index (χ3n) is 2.52. The highest BCUT2D eigenvalue weighted by atomic mass is 32.2. The normalized spacial score (nSPS) is 10.8. The molecule has 0 unspecified atom stereocenters. The summed E-state index contributed by atoms with van der Waals surface area (Å²) in [6.07, 6.45) is 0. The highest BCUT2D eigenvalue weighted by Crippen LogP contribution is 2.28. The molecule has 0 radical (unpaired) electrons. The number of rotatable bonds is 5. The van der Waals surface area contributed by atoms with Crippen LogP contribution >= 0.6 is 11.8 Å². The number of carbonyl (C=O) groups is 1. The van der Waals surface area contributed by atoms with Crippen LogP contribution < -0.4 is 17.0 Å². The topological polar surface area (TPSA) is 94.3 Å². The van der Waals surface area contributed by atoms with E-state index < -0.39 is 0 Å². The fourth-order valence-corrected chi connectivity index (χ4v) is 2.47. The minimum atomic E-state index is -0.330. The van der Waals surface area contributed by atoms with Gasteiger partial charge in [-0.15, -0.1) is 0 Å². The molecule has 6 heteroatoms. The number of furan rings is 1. The van der Waals surface area contributed by atoms with E-state index in [1.54, 1.807) is 11.8 Å². The minimum Gasteiger partial charge on any atom is -0.459 e. The van der Waals surface area contributed by atoms with Crippen molar-refractivity contribution in [1.29, 1.82) is 0 Å². The van der Waals surface area contributed by atoms with Gasteiger partial charge in [-0.3, -0.25) is 10.2 Å². The molecule has 0 aliphatic heterocycles. The quantitative estimate of drug-likeness (QED) is 0.327. The van der Waals surface area contributed by atoms with E-state index in [1.807, 2.05) is 24.3 Å². The second-order valence-electron chi connectivity index (χ2n) is 3.71. The van der Waals surface area contributed by atoms with E-state index in [4.69, 9.17) is 16.0 Å². The average Bonchev–Trinajstić information content (AvgIpc) is 2.76. The monoisotopic (exact) mass is 265 g/mol. The Balaban J connectivity index is 2.40. The molecule has 1 amide bonds. The number of hydrazine groups is 1. The first-order chi connectivity index (χ1) is 8.77. The van der Waals surface area contributed by atoms with Gasteiger partial charge in [0.15, 0.2) is 0 Å². The van der Waals surface area contributed by atoms with E-state index in [0.29, 0.717) is 29.2 Å². The second kappa shape index (κ2) is 5.90. The molecule has 0 aliphatic rings. The molecule has 0 bridgehead atoms. The van der Waals surface area contributed by atoms with Crippen LogP contribution in [0.15, 0.2) is 28.7 Å². The molecule has 2 aromatic rings. The van der Waals surface area contributed by atoms with Gasteiger partial charge in [0.05, 0.1) is 11.3 Å². The van der Waals surface area contributed by atoms with Gasteiger partial charge in [-0.2, -0.15) is 11.8 Å². The van der Waals surface area contributed by atoms with Gasteiger partial charge in [-0.25, -0.2) is 5.84 Å². The van der Waals surface area contributed by atoms with E-state index in [-0.39, 0.29) is 5.91 Å². The van der Waals surface area contributed by atoms with Gasteiger partial charge in [-0.05, 0) is 6.07 Å². The van der Waals surface area contributed by atoms with Crippen LogP contribution in [0.1, 0.15) is 16.1 Å². The summed E-state index contributed by atoms with van der Waals surface area (Å²) in [4.78, 5) is 11.8. The molecule has 96 valence electrons. The lowest BCUT2D eigenvalue weighted by Crippen LogP contribution is -2.30. The summed E-state index contributed by atoms with van der Waals surface area (Å²) in [5, 5.41) is 0.781. The van der Waals surface area contributed by atoms with Gasteiger partial charge < -0.3 is 10.2 Å². The van der Waals surface area contributed by atoms with Gasteiger partial charge in [0, 0.05) is 17.7 Å². The lowest BCUT2D eigenvalue weighted by molar-refractivity contribution is 0.0953. The van der Waals surface area contributed by atoms with Crippen molar-refractivity contribution < 1.29 is 9.21 Å². The fraction of sp³-hybridized carbons (Fsp3) is 0.250. The number of nitrogens with two attached hydrogens (primary N) is 2. The minimum absolute atomic E-state index is 0.330. The molecule has 5 N–H and O–H groups in total. The predicted molar refractivity (Wildman–Crippen MR) is 73.1 cm³/mol. The van der Waals surface area contributed by atoms with Gasteiger partial charge in [0.25, 0.3) is 5.91 Å². The first-order valence-corrected chi connectivity index (χ1v) is 6.72. The molecule has 0 fully saturated rings. The summed E-state index contributed by atoms with van der Waals surface area (Å²) in [5.41, 5.74) is 8.80. The summed E-state index contributed by atoms with van der Waals surface area (Å²) in [6.45, 7) is 0.601. The summed E-state index contributed by atoms with van der Waals surface area (Å²) in [5.74, 6) is 6.94. The molecule has 1 heterocycles. The second-order valence-corrected chi connectivity index (χ2v) is 4.82. The van der Waals surface area contributed by atoms with Crippen LogP contribution in [0.5, 0.6) is 0 Å². The van der Waals surface area contributed by atoms with Crippen molar-refractivity contribution in [3.05, 3.63) is 35.6 Å². The Hall–Kier alpha value is -1.50. The Bertz CT molecular complexity index is 553. The summed E-state index contributed by atoms with van der Waals surface area (Å²) >= 11 is 1.62. The van der Waals surface area contributed by atoms with Gasteiger partial charge in [-0.1, -0.05) is 18.2 Å². The summed E-state index contributed by atoms with van der Waals surface area (Å²) in [6, 6.07) is 7.41. The average molecular weight is 265 g/mol. The third-order valence-corrected chi connectivity index (χ3v) is 3.51. The molecule has 18 heavy (non-hydrogen) atoms. The first kappa shape index (κ1) is 12.9. The highest BCUT2D eigenvalue weighted by molar-refractivity contribution is 7.98. The number of para-hydroxylation sites is 1. The fourth-order valence-electron chi connectivity index (χ4n) is 1.77. The lowest BCUT2D eigenvalue weighted by atomic mass is 10.1. The number of nitrogen functional groups attached to an aromatic ring is 1. The highest BCUT2D eigenvalue weighted by Gasteiger charge is 2.19. The number of amides is 1. The number of thioether (sulfide) groups is 1.